The molecule has 0 fully saturated rings. The molecule has 124 valence electrons. The summed E-state index contributed by atoms with van der Waals surface area (Å²) in [6.45, 7) is 3.43. The van der Waals surface area contributed by atoms with Gasteiger partial charge in [0, 0.05) is 17.1 Å². The van der Waals surface area contributed by atoms with Crippen LogP contribution in [0.4, 0.5) is 19.0 Å². The van der Waals surface area contributed by atoms with Crippen LogP contribution in [0.1, 0.15) is 36.3 Å². The molecule has 1 N–H and O–H groups in total. The molecule has 0 unspecified atom stereocenters. The van der Waals surface area contributed by atoms with Gasteiger partial charge in [0.25, 0.3) is 6.43 Å². The molecule has 1 atom stereocenters. The van der Waals surface area contributed by atoms with Crippen LogP contribution in [0.2, 0.25) is 0 Å². The van der Waals surface area contributed by atoms with Crippen LogP contribution >= 0.6 is 0 Å². The molecule has 4 nitrogen and oxygen atoms in total. The summed E-state index contributed by atoms with van der Waals surface area (Å²) in [7, 11) is 0. The number of alkyl halides is 2. The summed E-state index contributed by atoms with van der Waals surface area (Å²) >= 11 is 0. The van der Waals surface area contributed by atoms with Crippen LogP contribution in [0.15, 0.2) is 36.7 Å². The Morgan fingerprint density at radius 1 is 1.08 bits per heavy atom. The molecule has 3 rings (SSSR count). The van der Waals surface area contributed by atoms with Crippen molar-refractivity contribution in [3.8, 4) is 0 Å². The maximum absolute atomic E-state index is 14.3. The third kappa shape index (κ3) is 3.02. The van der Waals surface area contributed by atoms with Crippen LogP contribution in [-0.2, 0) is 0 Å². The van der Waals surface area contributed by atoms with Gasteiger partial charge in [-0.3, -0.25) is 4.98 Å². The van der Waals surface area contributed by atoms with E-state index in [9.17, 15) is 13.2 Å². The van der Waals surface area contributed by atoms with Gasteiger partial charge < -0.3 is 5.32 Å². The van der Waals surface area contributed by atoms with Gasteiger partial charge in [-0.1, -0.05) is 18.2 Å². The molecule has 0 bridgehead atoms. The molecule has 0 aliphatic carbocycles. The van der Waals surface area contributed by atoms with Crippen LogP contribution in [0.5, 0.6) is 0 Å². The van der Waals surface area contributed by atoms with Crippen molar-refractivity contribution in [2.24, 2.45) is 0 Å². The Labute approximate surface area is 136 Å². The first-order valence-electron chi connectivity index (χ1n) is 7.38. The fourth-order valence-corrected chi connectivity index (χ4v) is 2.56. The molecule has 3 aromatic rings. The van der Waals surface area contributed by atoms with Crippen LogP contribution in [0, 0.1) is 12.7 Å². The van der Waals surface area contributed by atoms with Crippen LogP contribution < -0.4 is 5.32 Å². The maximum Gasteiger partial charge on any atom is 0.266 e. The monoisotopic (exact) mass is 332 g/mol. The van der Waals surface area contributed by atoms with Crippen molar-refractivity contribution in [3.05, 3.63) is 59.4 Å². The van der Waals surface area contributed by atoms with Gasteiger partial charge in [-0.25, -0.2) is 23.1 Å². The maximum atomic E-state index is 14.3. The molecule has 1 aromatic carbocycles. The lowest BCUT2D eigenvalue weighted by Gasteiger charge is -2.18. The first kappa shape index (κ1) is 16.2. The van der Waals surface area contributed by atoms with Crippen molar-refractivity contribution in [1.29, 1.82) is 0 Å². The van der Waals surface area contributed by atoms with Crippen molar-refractivity contribution < 1.29 is 13.2 Å². The molecular weight excluding hydrogens is 317 g/mol. The minimum Gasteiger partial charge on any atom is -0.363 e. The van der Waals surface area contributed by atoms with Gasteiger partial charge in [0.1, 0.15) is 17.5 Å². The van der Waals surface area contributed by atoms with Gasteiger partial charge in [0.2, 0.25) is 0 Å². The van der Waals surface area contributed by atoms with E-state index in [4.69, 9.17) is 0 Å². The summed E-state index contributed by atoms with van der Waals surface area (Å²) in [4.78, 5) is 12.6. The van der Waals surface area contributed by atoms with E-state index >= 15 is 0 Å². The number of rotatable bonds is 4. The largest absolute Gasteiger partial charge is 0.363 e. The predicted octanol–water partition coefficient (Wildman–Crippen LogP) is 4.58. The highest BCUT2D eigenvalue weighted by molar-refractivity contribution is 5.88. The molecule has 0 saturated heterocycles. The van der Waals surface area contributed by atoms with Crippen molar-refractivity contribution in [3.63, 3.8) is 0 Å². The molecule has 0 amide bonds. The fraction of sp³-hybridized carbons (Fsp3) is 0.235. The number of pyridine rings is 1. The number of nitrogens with one attached hydrogen (secondary N) is 1. The molecule has 0 aliphatic rings. The summed E-state index contributed by atoms with van der Waals surface area (Å²) in [5.41, 5.74) is 0.210. The number of fused-ring (bicyclic) bond motifs is 1. The van der Waals surface area contributed by atoms with Crippen molar-refractivity contribution >= 4 is 16.7 Å². The number of anilines is 1. The van der Waals surface area contributed by atoms with Crippen molar-refractivity contribution in [1.82, 2.24) is 15.0 Å². The Hall–Kier alpha value is -2.70. The number of hydrogen-bond donors (Lipinski definition) is 1. The van der Waals surface area contributed by atoms with Gasteiger partial charge in [-0.05, 0) is 19.9 Å². The van der Waals surface area contributed by atoms with Crippen LogP contribution in [0.3, 0.4) is 0 Å². The zero-order valence-electron chi connectivity index (χ0n) is 13.1. The first-order chi connectivity index (χ1) is 11.5. The molecular formula is C17H15F3N4. The third-order valence-corrected chi connectivity index (χ3v) is 3.72. The molecule has 7 heteroatoms. The lowest BCUT2D eigenvalue weighted by atomic mass is 10.0. The standard InChI is InChI=1S/C17H15F3N4/c1-9(11-4-3-5-13(15(11)18)16(19)20)22-17-12-6-7-21-8-14(12)23-10(2)24-17/h3-9,16H,1-2H3,(H,22,23,24)/t9-/m1/s1. The predicted molar refractivity (Wildman–Crippen MR) is 85.5 cm³/mol. The SMILES string of the molecule is Cc1nc(N[C@H](C)c2cccc(C(F)F)c2F)c2ccncc2n1. The van der Waals surface area contributed by atoms with Gasteiger partial charge >= 0.3 is 0 Å². The van der Waals surface area contributed by atoms with Crippen LogP contribution in [0.25, 0.3) is 10.9 Å². The summed E-state index contributed by atoms with van der Waals surface area (Å²) in [6.07, 6.45) is 0.359. The Morgan fingerprint density at radius 2 is 1.83 bits per heavy atom. The molecule has 0 spiro atoms. The van der Waals surface area contributed by atoms with Crippen molar-refractivity contribution in [2.45, 2.75) is 26.3 Å². The summed E-state index contributed by atoms with van der Waals surface area (Å²) in [6, 6.07) is 5.19. The number of nitrogens with zero attached hydrogens (tertiary/aromatic N) is 3. The second kappa shape index (κ2) is 6.43. The number of halogens is 3. The lowest BCUT2D eigenvalue weighted by molar-refractivity contribution is 0.146. The molecule has 24 heavy (non-hydrogen) atoms. The molecule has 0 saturated carbocycles. The zero-order chi connectivity index (χ0) is 17.3. The second-order valence-electron chi connectivity index (χ2n) is 5.43. The highest BCUT2D eigenvalue weighted by Gasteiger charge is 2.20. The van der Waals surface area contributed by atoms with Gasteiger partial charge in [0.05, 0.1) is 23.3 Å². The highest BCUT2D eigenvalue weighted by Crippen LogP contribution is 2.30. The quantitative estimate of drug-likeness (QED) is 0.759. The topological polar surface area (TPSA) is 50.7 Å². The van der Waals surface area contributed by atoms with E-state index in [1.807, 2.05) is 0 Å². The number of aromatic nitrogens is 3. The summed E-state index contributed by atoms with van der Waals surface area (Å²) in [5.74, 6) is 0.144. The second-order valence-corrected chi connectivity index (χ2v) is 5.43. The molecule has 0 radical (unpaired) electrons. The summed E-state index contributed by atoms with van der Waals surface area (Å²) in [5, 5.41) is 3.81. The van der Waals surface area contributed by atoms with Gasteiger partial charge in [-0.15, -0.1) is 0 Å². The number of hydrogen-bond acceptors (Lipinski definition) is 4. The van der Waals surface area contributed by atoms with Crippen LogP contribution in [-0.4, -0.2) is 15.0 Å². The average molecular weight is 332 g/mol. The normalized spacial score (nSPS) is 12.6. The Kier molecular flexibility index (Phi) is 4.33. The smallest absolute Gasteiger partial charge is 0.266 e. The Morgan fingerprint density at radius 3 is 2.58 bits per heavy atom. The van der Waals surface area contributed by atoms with E-state index in [-0.39, 0.29) is 5.56 Å². The number of benzene rings is 1. The van der Waals surface area contributed by atoms with E-state index in [0.29, 0.717) is 17.2 Å². The molecule has 2 aromatic heterocycles. The lowest BCUT2D eigenvalue weighted by Crippen LogP contribution is -2.12. The first-order valence-corrected chi connectivity index (χ1v) is 7.38. The number of aryl methyl sites for hydroxylation is 1. The summed E-state index contributed by atoms with van der Waals surface area (Å²) < 4.78 is 40.0. The van der Waals surface area contributed by atoms with E-state index in [2.05, 4.69) is 20.3 Å². The molecule has 2 heterocycles. The van der Waals surface area contributed by atoms with E-state index in [1.54, 1.807) is 32.3 Å². The fourth-order valence-electron chi connectivity index (χ4n) is 2.56. The van der Waals surface area contributed by atoms with Crippen molar-refractivity contribution in [2.75, 3.05) is 5.32 Å². The minimum absolute atomic E-state index is 0.159. The van der Waals surface area contributed by atoms with Gasteiger partial charge in [0.15, 0.2) is 0 Å². The Balaban J connectivity index is 1.99. The van der Waals surface area contributed by atoms with E-state index < -0.39 is 23.8 Å². The highest BCUT2D eigenvalue weighted by atomic mass is 19.3. The minimum atomic E-state index is -2.86. The zero-order valence-corrected chi connectivity index (χ0v) is 13.1. The Bertz CT molecular complexity index is 883. The average Bonchev–Trinajstić information content (AvgIpc) is 2.54. The van der Waals surface area contributed by atoms with Gasteiger partial charge in [-0.2, -0.15) is 0 Å². The molecule has 0 aliphatic heterocycles. The van der Waals surface area contributed by atoms with E-state index in [0.717, 1.165) is 11.5 Å². The van der Waals surface area contributed by atoms with E-state index in [1.165, 1.54) is 12.1 Å². The third-order valence-electron chi connectivity index (χ3n) is 3.72.